The number of furan rings is 1. The van der Waals surface area contributed by atoms with Gasteiger partial charge in [0.15, 0.2) is 17.5 Å². The summed E-state index contributed by atoms with van der Waals surface area (Å²) in [6.45, 7) is 4.54. The summed E-state index contributed by atoms with van der Waals surface area (Å²) in [6.07, 6.45) is 0. The van der Waals surface area contributed by atoms with Gasteiger partial charge in [-0.25, -0.2) is 19.9 Å². The van der Waals surface area contributed by atoms with E-state index in [0.717, 1.165) is 38.6 Å². The van der Waals surface area contributed by atoms with Gasteiger partial charge in [-0.3, -0.25) is 0 Å². The summed E-state index contributed by atoms with van der Waals surface area (Å²) in [4.78, 5) is 19.8. The monoisotopic (exact) mass is 592 g/mol. The van der Waals surface area contributed by atoms with Crippen molar-refractivity contribution < 1.29 is 4.42 Å². The van der Waals surface area contributed by atoms with Crippen LogP contribution in [0.2, 0.25) is 0 Å². The maximum absolute atomic E-state index is 6.63. The average Bonchev–Trinajstić information content (AvgIpc) is 3.60. The molecule has 0 spiro atoms. The molecule has 1 aliphatic carbocycles. The fourth-order valence-corrected chi connectivity index (χ4v) is 6.87. The van der Waals surface area contributed by atoms with Crippen LogP contribution in [0.4, 0.5) is 0 Å². The fraction of sp³-hybridized carbons (Fsp3) is 0.0732. The van der Waals surface area contributed by atoms with Crippen LogP contribution >= 0.6 is 0 Å². The molecule has 0 radical (unpaired) electrons. The Morgan fingerprint density at radius 3 is 1.76 bits per heavy atom. The highest BCUT2D eigenvalue weighted by atomic mass is 16.3. The Kier molecular flexibility index (Phi) is 5.78. The highest BCUT2D eigenvalue weighted by Crippen LogP contribution is 2.52. The van der Waals surface area contributed by atoms with E-state index in [1.54, 1.807) is 0 Å². The molecule has 218 valence electrons. The lowest BCUT2D eigenvalue weighted by Crippen LogP contribution is -2.15. The second-order valence-electron chi connectivity index (χ2n) is 12.3. The van der Waals surface area contributed by atoms with E-state index in [1.165, 1.54) is 22.3 Å². The number of hydrogen-bond acceptors (Lipinski definition) is 5. The summed E-state index contributed by atoms with van der Waals surface area (Å²) in [7, 11) is 0. The van der Waals surface area contributed by atoms with Gasteiger partial charge in [-0.2, -0.15) is 0 Å². The first-order valence-corrected chi connectivity index (χ1v) is 15.5. The first kappa shape index (κ1) is 26.5. The van der Waals surface area contributed by atoms with Gasteiger partial charge in [-0.15, -0.1) is 0 Å². The summed E-state index contributed by atoms with van der Waals surface area (Å²) in [5, 5.41) is 2.04. The predicted octanol–water partition coefficient (Wildman–Crippen LogP) is 10.1. The Balaban J connectivity index is 1.18. The molecule has 5 aromatic carbocycles. The van der Waals surface area contributed by atoms with Crippen LogP contribution in [0.3, 0.4) is 0 Å². The Labute approximate surface area is 266 Å². The van der Waals surface area contributed by atoms with Crippen LogP contribution in [0, 0.1) is 0 Å². The van der Waals surface area contributed by atoms with E-state index in [2.05, 4.69) is 92.7 Å². The number of pyridine rings is 1. The van der Waals surface area contributed by atoms with Crippen LogP contribution in [-0.2, 0) is 5.41 Å². The number of aromatic nitrogens is 4. The quantitative estimate of drug-likeness (QED) is 0.203. The molecule has 0 atom stereocenters. The minimum absolute atomic E-state index is 0.189. The summed E-state index contributed by atoms with van der Waals surface area (Å²) in [5.41, 5.74) is 11.0. The molecule has 0 saturated heterocycles. The van der Waals surface area contributed by atoms with Crippen molar-refractivity contribution in [2.45, 2.75) is 19.3 Å². The Bertz CT molecular complexity index is 2430. The molecule has 0 saturated carbocycles. The Hall–Kier alpha value is -5.94. The molecule has 0 N–H and O–H groups in total. The average molecular weight is 593 g/mol. The van der Waals surface area contributed by atoms with Crippen LogP contribution in [0.5, 0.6) is 0 Å². The van der Waals surface area contributed by atoms with Crippen LogP contribution in [0.15, 0.2) is 138 Å². The normalized spacial score (nSPS) is 13.2. The van der Waals surface area contributed by atoms with Crippen LogP contribution in [-0.4, -0.2) is 19.9 Å². The van der Waals surface area contributed by atoms with E-state index in [4.69, 9.17) is 24.4 Å². The van der Waals surface area contributed by atoms with Crippen LogP contribution < -0.4 is 0 Å². The zero-order chi connectivity index (χ0) is 30.8. The molecule has 0 unspecified atom stereocenters. The first-order valence-electron chi connectivity index (χ1n) is 15.5. The highest BCUT2D eigenvalue weighted by molar-refractivity contribution is 6.08. The second kappa shape index (κ2) is 10.0. The maximum atomic E-state index is 6.63. The van der Waals surface area contributed by atoms with E-state index < -0.39 is 0 Å². The zero-order valence-electron chi connectivity index (χ0n) is 25.4. The molecule has 46 heavy (non-hydrogen) atoms. The van der Waals surface area contributed by atoms with Crippen molar-refractivity contribution in [3.63, 3.8) is 0 Å². The van der Waals surface area contributed by atoms with Gasteiger partial charge in [-0.05, 0) is 46.0 Å². The third kappa shape index (κ3) is 4.09. The molecule has 1 aliphatic rings. The van der Waals surface area contributed by atoms with Crippen molar-refractivity contribution in [1.29, 1.82) is 0 Å². The molecule has 0 amide bonds. The van der Waals surface area contributed by atoms with Gasteiger partial charge >= 0.3 is 0 Å². The number of rotatable bonds is 4. The Morgan fingerprint density at radius 2 is 1.02 bits per heavy atom. The van der Waals surface area contributed by atoms with Crippen LogP contribution in [0.25, 0.3) is 78.6 Å². The van der Waals surface area contributed by atoms with E-state index in [0.29, 0.717) is 28.9 Å². The lowest BCUT2D eigenvalue weighted by Gasteiger charge is -2.21. The van der Waals surface area contributed by atoms with Crippen molar-refractivity contribution in [1.82, 2.24) is 19.9 Å². The SMILES string of the molecule is CC1(C)c2ccccc2-c2ccc3c(oc4nc(-c5nc(-c6ccccc6)nc(-c6ccc(-c7ccccc7)cc6)n5)ccc43)c21. The predicted molar refractivity (Wildman–Crippen MR) is 184 cm³/mol. The fourth-order valence-electron chi connectivity index (χ4n) is 6.87. The molecule has 0 aliphatic heterocycles. The van der Waals surface area contributed by atoms with Gasteiger partial charge in [0, 0.05) is 32.9 Å². The van der Waals surface area contributed by atoms with Crippen LogP contribution in [0.1, 0.15) is 25.0 Å². The third-order valence-corrected chi connectivity index (χ3v) is 9.17. The van der Waals surface area contributed by atoms with Gasteiger partial charge in [0.1, 0.15) is 11.3 Å². The van der Waals surface area contributed by atoms with Gasteiger partial charge < -0.3 is 4.42 Å². The largest absolute Gasteiger partial charge is 0.437 e. The molecular formula is C41H28N4O. The maximum Gasteiger partial charge on any atom is 0.227 e. The van der Waals surface area contributed by atoms with Crippen molar-refractivity contribution in [2.75, 3.05) is 0 Å². The number of hydrogen-bond donors (Lipinski definition) is 0. The Morgan fingerprint density at radius 1 is 0.457 bits per heavy atom. The lowest BCUT2D eigenvalue weighted by atomic mass is 9.82. The van der Waals surface area contributed by atoms with Crippen molar-refractivity contribution in [3.8, 4) is 56.5 Å². The molecule has 5 heteroatoms. The summed E-state index contributed by atoms with van der Waals surface area (Å²) in [5.74, 6) is 1.68. The molecule has 0 bridgehead atoms. The highest BCUT2D eigenvalue weighted by Gasteiger charge is 2.38. The lowest BCUT2D eigenvalue weighted by molar-refractivity contribution is 0.613. The first-order chi connectivity index (χ1) is 22.5. The molecular weight excluding hydrogens is 564 g/mol. The van der Waals surface area contributed by atoms with Crippen molar-refractivity contribution >= 4 is 22.1 Å². The number of fused-ring (bicyclic) bond motifs is 7. The molecule has 3 aromatic heterocycles. The minimum atomic E-state index is -0.189. The molecule has 9 rings (SSSR count). The number of nitrogens with zero attached hydrogens (tertiary/aromatic N) is 4. The molecule has 0 fully saturated rings. The standard InChI is InChI=1S/C41H28N4O/c1-41(2)33-16-10-9-15-29(33)30-21-22-31-32-23-24-34(42-40(32)46-36(31)35(30)41)39-44-37(27-13-7-4-8-14-27)43-38(45-39)28-19-17-26(18-20-28)25-11-5-3-6-12-25/h3-24H,1-2H3. The van der Waals surface area contributed by atoms with Crippen molar-refractivity contribution in [3.05, 3.63) is 145 Å². The van der Waals surface area contributed by atoms with E-state index >= 15 is 0 Å². The summed E-state index contributed by atoms with van der Waals surface area (Å²) >= 11 is 0. The summed E-state index contributed by atoms with van der Waals surface area (Å²) in [6, 6.07) is 45.7. The van der Waals surface area contributed by atoms with Gasteiger partial charge in [0.2, 0.25) is 5.71 Å². The molecule has 8 aromatic rings. The van der Waals surface area contributed by atoms with Gasteiger partial charge in [0.25, 0.3) is 0 Å². The molecule has 5 nitrogen and oxygen atoms in total. The smallest absolute Gasteiger partial charge is 0.227 e. The van der Waals surface area contributed by atoms with Crippen molar-refractivity contribution in [2.24, 2.45) is 0 Å². The third-order valence-electron chi connectivity index (χ3n) is 9.17. The van der Waals surface area contributed by atoms with E-state index in [-0.39, 0.29) is 5.41 Å². The topological polar surface area (TPSA) is 64.7 Å². The van der Waals surface area contributed by atoms with E-state index in [9.17, 15) is 0 Å². The summed E-state index contributed by atoms with van der Waals surface area (Å²) < 4.78 is 6.63. The molecule has 3 heterocycles. The number of benzene rings is 5. The second-order valence-corrected chi connectivity index (χ2v) is 12.3. The van der Waals surface area contributed by atoms with E-state index in [1.807, 2.05) is 54.6 Å². The zero-order valence-corrected chi connectivity index (χ0v) is 25.4. The van der Waals surface area contributed by atoms with Gasteiger partial charge in [0.05, 0.1) is 0 Å². The van der Waals surface area contributed by atoms with Gasteiger partial charge in [-0.1, -0.05) is 129 Å². The minimum Gasteiger partial charge on any atom is -0.437 e.